The first-order chi connectivity index (χ1) is 9.16. The van der Waals surface area contributed by atoms with Crippen LogP contribution in [-0.2, 0) is 4.79 Å². The lowest BCUT2D eigenvalue weighted by Gasteiger charge is -2.31. The molecule has 0 radical (unpaired) electrons. The van der Waals surface area contributed by atoms with Gasteiger partial charge in [0.1, 0.15) is 5.75 Å². The number of likely N-dealkylation sites (N-methyl/N-ethyl adjacent to an activating group) is 1. The number of rotatable bonds is 4. The first-order valence-electron chi connectivity index (χ1n) is 6.81. The monoisotopic (exact) mass is 281 g/mol. The van der Waals surface area contributed by atoms with Gasteiger partial charge in [0.15, 0.2) is 6.61 Å². The molecule has 0 unspecified atom stereocenters. The second-order valence-electron chi connectivity index (χ2n) is 5.04. The molecule has 104 valence electrons. The molecule has 1 saturated carbocycles. The fourth-order valence-electron chi connectivity index (χ4n) is 2.45. The number of halogens is 1. The number of carbonyl (C=O) groups is 1. The fraction of sp³-hybridized carbons (Fsp3) is 0.533. The average molecular weight is 282 g/mol. The van der Waals surface area contributed by atoms with Gasteiger partial charge in [-0.25, -0.2) is 0 Å². The van der Waals surface area contributed by atoms with Crippen LogP contribution in [0.3, 0.4) is 0 Å². The molecule has 1 aliphatic carbocycles. The Morgan fingerprint density at radius 3 is 2.53 bits per heavy atom. The van der Waals surface area contributed by atoms with Crippen LogP contribution in [0.2, 0.25) is 5.02 Å². The zero-order chi connectivity index (χ0) is 13.7. The number of benzene rings is 1. The van der Waals surface area contributed by atoms with Gasteiger partial charge in [0.05, 0.1) is 0 Å². The molecule has 0 heterocycles. The fourth-order valence-corrected chi connectivity index (χ4v) is 2.58. The minimum absolute atomic E-state index is 0.0434. The first-order valence-corrected chi connectivity index (χ1v) is 7.18. The highest BCUT2D eigenvalue weighted by atomic mass is 35.5. The molecule has 3 nitrogen and oxygen atoms in total. The van der Waals surface area contributed by atoms with Crippen molar-refractivity contribution in [1.82, 2.24) is 4.90 Å². The Bertz CT molecular complexity index is 413. The molecule has 0 bridgehead atoms. The van der Waals surface area contributed by atoms with Gasteiger partial charge >= 0.3 is 0 Å². The van der Waals surface area contributed by atoms with E-state index in [0.717, 1.165) is 12.8 Å². The summed E-state index contributed by atoms with van der Waals surface area (Å²) in [6.45, 7) is 0.0919. The molecule has 19 heavy (non-hydrogen) atoms. The molecule has 0 aliphatic heterocycles. The quantitative estimate of drug-likeness (QED) is 0.845. The van der Waals surface area contributed by atoms with Gasteiger partial charge in [-0.05, 0) is 37.1 Å². The van der Waals surface area contributed by atoms with Crippen LogP contribution in [0.4, 0.5) is 0 Å². The van der Waals surface area contributed by atoms with Crippen LogP contribution in [0.5, 0.6) is 5.75 Å². The van der Waals surface area contributed by atoms with E-state index in [1.165, 1.54) is 19.3 Å². The molecule has 1 fully saturated rings. The van der Waals surface area contributed by atoms with Crippen molar-refractivity contribution in [3.63, 3.8) is 0 Å². The van der Waals surface area contributed by atoms with E-state index < -0.39 is 0 Å². The van der Waals surface area contributed by atoms with Gasteiger partial charge in [0, 0.05) is 18.1 Å². The van der Waals surface area contributed by atoms with Gasteiger partial charge in [-0.3, -0.25) is 4.79 Å². The summed E-state index contributed by atoms with van der Waals surface area (Å²) in [6.07, 6.45) is 5.97. The molecule has 4 heteroatoms. The second-order valence-corrected chi connectivity index (χ2v) is 5.48. The molecule has 0 N–H and O–H groups in total. The lowest BCUT2D eigenvalue weighted by molar-refractivity contribution is -0.134. The smallest absolute Gasteiger partial charge is 0.260 e. The highest BCUT2D eigenvalue weighted by Gasteiger charge is 2.22. The maximum atomic E-state index is 12.1. The van der Waals surface area contributed by atoms with Crippen molar-refractivity contribution in [2.45, 2.75) is 38.1 Å². The molecule has 0 spiro atoms. The van der Waals surface area contributed by atoms with Crippen LogP contribution >= 0.6 is 11.6 Å². The van der Waals surface area contributed by atoms with Crippen molar-refractivity contribution >= 4 is 17.5 Å². The van der Waals surface area contributed by atoms with E-state index in [-0.39, 0.29) is 12.5 Å². The molecular weight excluding hydrogens is 262 g/mol. The molecule has 2 rings (SSSR count). The van der Waals surface area contributed by atoms with Crippen LogP contribution in [0, 0.1) is 0 Å². The molecule has 1 aromatic carbocycles. The number of nitrogens with zero attached hydrogens (tertiary/aromatic N) is 1. The predicted molar refractivity (Wildman–Crippen MR) is 76.6 cm³/mol. The Kier molecular flexibility index (Phi) is 5.08. The Balaban J connectivity index is 1.81. The lowest BCUT2D eigenvalue weighted by Crippen LogP contribution is -2.40. The maximum Gasteiger partial charge on any atom is 0.260 e. The number of amides is 1. The van der Waals surface area contributed by atoms with Gasteiger partial charge in [0.25, 0.3) is 5.91 Å². The highest BCUT2D eigenvalue weighted by molar-refractivity contribution is 6.30. The Hall–Kier alpha value is -1.22. The van der Waals surface area contributed by atoms with Gasteiger partial charge in [-0.15, -0.1) is 0 Å². The van der Waals surface area contributed by atoms with E-state index in [1.807, 2.05) is 11.9 Å². The topological polar surface area (TPSA) is 29.5 Å². The predicted octanol–water partition coefficient (Wildman–Crippen LogP) is 3.51. The number of hydrogen-bond acceptors (Lipinski definition) is 2. The lowest BCUT2D eigenvalue weighted by atomic mass is 9.94. The summed E-state index contributed by atoms with van der Waals surface area (Å²) < 4.78 is 5.48. The minimum atomic E-state index is 0.0434. The van der Waals surface area contributed by atoms with E-state index in [2.05, 4.69) is 0 Å². The van der Waals surface area contributed by atoms with Crippen LogP contribution in [0.1, 0.15) is 32.1 Å². The molecule has 1 aliphatic rings. The number of ether oxygens (including phenoxy) is 1. The van der Waals surface area contributed by atoms with Gasteiger partial charge in [0.2, 0.25) is 0 Å². The molecular formula is C15H20ClNO2. The van der Waals surface area contributed by atoms with E-state index in [4.69, 9.17) is 16.3 Å². The summed E-state index contributed by atoms with van der Waals surface area (Å²) in [6, 6.07) is 7.44. The SMILES string of the molecule is CN(C(=O)COc1ccc(Cl)cc1)C1CCCCC1. The van der Waals surface area contributed by atoms with Crippen LogP contribution in [-0.4, -0.2) is 30.5 Å². The average Bonchev–Trinajstić information content (AvgIpc) is 2.46. The Morgan fingerprint density at radius 1 is 1.26 bits per heavy atom. The van der Waals surface area contributed by atoms with Crippen molar-refractivity contribution in [3.8, 4) is 5.75 Å². The van der Waals surface area contributed by atoms with Gasteiger partial charge in [-0.2, -0.15) is 0 Å². The summed E-state index contributed by atoms with van der Waals surface area (Å²) in [5.41, 5.74) is 0. The normalized spacial score (nSPS) is 16.1. The Labute approximate surface area is 119 Å². The molecule has 1 amide bonds. The molecule has 1 aromatic rings. The van der Waals surface area contributed by atoms with E-state index >= 15 is 0 Å². The Morgan fingerprint density at radius 2 is 1.89 bits per heavy atom. The molecule has 0 saturated heterocycles. The summed E-state index contributed by atoms with van der Waals surface area (Å²) in [5.74, 6) is 0.719. The highest BCUT2D eigenvalue weighted by Crippen LogP contribution is 2.22. The van der Waals surface area contributed by atoms with Crippen molar-refractivity contribution in [2.75, 3.05) is 13.7 Å². The van der Waals surface area contributed by atoms with Crippen molar-refractivity contribution in [2.24, 2.45) is 0 Å². The van der Waals surface area contributed by atoms with Gasteiger partial charge in [-0.1, -0.05) is 30.9 Å². The molecule has 0 aromatic heterocycles. The van der Waals surface area contributed by atoms with Gasteiger partial charge < -0.3 is 9.64 Å². The third-order valence-electron chi connectivity index (χ3n) is 3.69. The first kappa shape index (κ1) is 14.2. The molecule has 0 atom stereocenters. The standard InChI is InChI=1S/C15H20ClNO2/c1-17(13-5-3-2-4-6-13)15(18)11-19-14-9-7-12(16)8-10-14/h7-10,13H,2-6,11H2,1H3. The van der Waals surface area contributed by atoms with E-state index in [9.17, 15) is 4.79 Å². The largest absolute Gasteiger partial charge is 0.484 e. The van der Waals surface area contributed by atoms with Crippen molar-refractivity contribution < 1.29 is 9.53 Å². The zero-order valence-electron chi connectivity index (χ0n) is 11.3. The third kappa shape index (κ3) is 4.13. The van der Waals surface area contributed by atoms with E-state index in [0.29, 0.717) is 16.8 Å². The van der Waals surface area contributed by atoms with Crippen LogP contribution in [0.15, 0.2) is 24.3 Å². The zero-order valence-corrected chi connectivity index (χ0v) is 12.0. The summed E-state index contributed by atoms with van der Waals surface area (Å²) in [4.78, 5) is 13.9. The summed E-state index contributed by atoms with van der Waals surface area (Å²) in [5, 5.41) is 0.665. The summed E-state index contributed by atoms with van der Waals surface area (Å²) in [7, 11) is 1.88. The summed E-state index contributed by atoms with van der Waals surface area (Å²) >= 11 is 5.80. The van der Waals surface area contributed by atoms with E-state index in [1.54, 1.807) is 24.3 Å². The van der Waals surface area contributed by atoms with Crippen molar-refractivity contribution in [1.29, 1.82) is 0 Å². The number of hydrogen-bond donors (Lipinski definition) is 0. The minimum Gasteiger partial charge on any atom is -0.484 e. The number of carbonyl (C=O) groups excluding carboxylic acids is 1. The van der Waals surface area contributed by atoms with Crippen LogP contribution in [0.25, 0.3) is 0 Å². The second kappa shape index (κ2) is 6.80. The van der Waals surface area contributed by atoms with Crippen molar-refractivity contribution in [3.05, 3.63) is 29.3 Å². The van der Waals surface area contributed by atoms with Crippen LogP contribution < -0.4 is 4.74 Å². The third-order valence-corrected chi connectivity index (χ3v) is 3.94. The maximum absolute atomic E-state index is 12.1.